The predicted octanol–water partition coefficient (Wildman–Crippen LogP) is 4.37. The largest absolute Gasteiger partial charge is 0.504 e. The topological polar surface area (TPSA) is 76.1 Å². The van der Waals surface area contributed by atoms with Gasteiger partial charge in [-0.1, -0.05) is 18.2 Å². The number of ketones is 1. The summed E-state index contributed by atoms with van der Waals surface area (Å²) in [6.07, 6.45) is -0.868. The zero-order valence-corrected chi connectivity index (χ0v) is 18.7. The van der Waals surface area contributed by atoms with E-state index in [2.05, 4.69) is 0 Å². The molecule has 2 aromatic carbocycles. The van der Waals surface area contributed by atoms with Crippen LogP contribution < -0.4 is 4.74 Å². The first-order valence-electron chi connectivity index (χ1n) is 11.5. The van der Waals surface area contributed by atoms with E-state index < -0.39 is 36.0 Å². The normalized spacial score (nSPS) is 26.3. The van der Waals surface area contributed by atoms with Gasteiger partial charge in [0, 0.05) is 6.54 Å². The number of nitrogens with zero attached hydrogens (tertiary/aromatic N) is 1. The summed E-state index contributed by atoms with van der Waals surface area (Å²) in [4.78, 5) is 28.6. The summed E-state index contributed by atoms with van der Waals surface area (Å²) in [5.41, 5.74) is 1.44. The van der Waals surface area contributed by atoms with Crippen LogP contribution >= 0.6 is 0 Å². The zero-order valence-electron chi connectivity index (χ0n) is 18.7. The molecule has 3 aliphatic rings. The van der Waals surface area contributed by atoms with Crippen LogP contribution in [0.2, 0.25) is 0 Å². The lowest BCUT2D eigenvalue weighted by Crippen LogP contribution is -2.42. The van der Waals surface area contributed by atoms with Crippen LogP contribution in [0.25, 0.3) is 0 Å². The summed E-state index contributed by atoms with van der Waals surface area (Å²) in [5.74, 6) is -1.59. The number of hydrogen-bond acceptors (Lipinski definition) is 5. The van der Waals surface area contributed by atoms with E-state index in [0.29, 0.717) is 30.6 Å². The van der Waals surface area contributed by atoms with Gasteiger partial charge >= 0.3 is 0 Å². The molecule has 0 saturated heterocycles. The number of hydrogen-bond donors (Lipinski definition) is 1. The lowest BCUT2D eigenvalue weighted by atomic mass is 9.77. The lowest BCUT2D eigenvalue weighted by Gasteiger charge is -2.36. The van der Waals surface area contributed by atoms with Crippen molar-refractivity contribution in [2.75, 3.05) is 6.61 Å². The molecule has 2 aliphatic heterocycles. The molecule has 178 valence electrons. The van der Waals surface area contributed by atoms with Gasteiger partial charge in [0.05, 0.1) is 24.1 Å². The minimum Gasteiger partial charge on any atom is -0.504 e. The summed E-state index contributed by atoms with van der Waals surface area (Å²) < 4.78 is 39.2. The fraction of sp³-hybridized carbons (Fsp3) is 0.385. The number of carbonyl (C=O) groups excluding carboxylic acids is 2. The Morgan fingerprint density at radius 2 is 1.91 bits per heavy atom. The third-order valence-electron chi connectivity index (χ3n) is 6.74. The van der Waals surface area contributed by atoms with E-state index in [1.54, 1.807) is 31.2 Å². The van der Waals surface area contributed by atoms with Crippen LogP contribution in [-0.4, -0.2) is 40.6 Å². The van der Waals surface area contributed by atoms with Crippen molar-refractivity contribution in [3.8, 4) is 11.5 Å². The number of rotatable bonds is 5. The number of alkyl halides is 1. The van der Waals surface area contributed by atoms with Crippen molar-refractivity contribution in [2.24, 2.45) is 5.92 Å². The van der Waals surface area contributed by atoms with Gasteiger partial charge < -0.3 is 19.5 Å². The van der Waals surface area contributed by atoms with Crippen LogP contribution in [0.15, 0.2) is 53.8 Å². The van der Waals surface area contributed by atoms with E-state index in [0.717, 1.165) is 0 Å². The summed E-state index contributed by atoms with van der Waals surface area (Å²) >= 11 is 0. The summed E-state index contributed by atoms with van der Waals surface area (Å²) in [7, 11) is 0. The highest BCUT2D eigenvalue weighted by molar-refractivity contribution is 6.11. The number of Topliss-reactive ketones (excluding diaryl/α,β-unsaturated/α-hetero) is 1. The Bertz CT molecular complexity index is 1160. The van der Waals surface area contributed by atoms with Gasteiger partial charge in [0.2, 0.25) is 0 Å². The quantitative estimate of drug-likeness (QED) is 0.704. The molecule has 1 fully saturated rings. The maximum Gasteiger partial charge on any atom is 0.290 e. The van der Waals surface area contributed by atoms with Gasteiger partial charge in [-0.25, -0.2) is 8.78 Å². The van der Waals surface area contributed by atoms with Gasteiger partial charge in [-0.15, -0.1) is 0 Å². The maximum absolute atomic E-state index is 14.2. The van der Waals surface area contributed by atoms with E-state index in [-0.39, 0.29) is 41.6 Å². The van der Waals surface area contributed by atoms with Crippen molar-refractivity contribution in [3.63, 3.8) is 0 Å². The Labute approximate surface area is 195 Å². The van der Waals surface area contributed by atoms with Gasteiger partial charge in [0.1, 0.15) is 18.1 Å². The van der Waals surface area contributed by atoms with Crippen molar-refractivity contribution in [2.45, 2.75) is 51.0 Å². The van der Waals surface area contributed by atoms with Crippen LogP contribution in [0.1, 0.15) is 43.4 Å². The van der Waals surface area contributed by atoms with E-state index in [1.807, 2.05) is 0 Å². The molecule has 2 heterocycles. The van der Waals surface area contributed by atoms with Crippen LogP contribution in [-0.2, 0) is 20.9 Å². The summed E-state index contributed by atoms with van der Waals surface area (Å²) in [6.45, 7) is 2.21. The number of aromatic hydroxyl groups is 1. The molecular weight excluding hydrogens is 444 g/mol. The Morgan fingerprint density at radius 1 is 1.15 bits per heavy atom. The molecule has 1 saturated carbocycles. The second-order valence-corrected chi connectivity index (χ2v) is 8.90. The highest BCUT2D eigenvalue weighted by Crippen LogP contribution is 2.48. The van der Waals surface area contributed by atoms with Crippen molar-refractivity contribution < 1.29 is 33.0 Å². The Hall–Kier alpha value is -3.42. The first-order valence-corrected chi connectivity index (χ1v) is 11.5. The average Bonchev–Trinajstić information content (AvgIpc) is 3.09. The third-order valence-corrected chi connectivity index (χ3v) is 6.74. The number of phenols is 1. The first-order chi connectivity index (χ1) is 16.4. The van der Waals surface area contributed by atoms with Crippen LogP contribution in [0.3, 0.4) is 0 Å². The highest BCUT2D eigenvalue weighted by Gasteiger charge is 2.53. The molecule has 0 spiro atoms. The minimum absolute atomic E-state index is 0.00158. The Kier molecular flexibility index (Phi) is 5.75. The molecule has 5 rings (SSSR count). The number of amides is 1. The van der Waals surface area contributed by atoms with Crippen molar-refractivity contribution >= 4 is 11.7 Å². The molecule has 0 bridgehead atoms. The number of phenolic OH excluding ortho intramolecular Hbond substituents is 1. The Balaban J connectivity index is 1.59. The molecule has 2 aromatic rings. The average molecular weight is 469 g/mol. The summed E-state index contributed by atoms with van der Waals surface area (Å²) in [5, 5.41) is 10.2. The molecular formula is C26H25F2NO5. The number of halogens is 2. The molecule has 4 unspecified atom stereocenters. The number of fused-ring (bicyclic) bond motifs is 1. The van der Waals surface area contributed by atoms with Gasteiger partial charge in [-0.2, -0.15) is 0 Å². The van der Waals surface area contributed by atoms with Gasteiger partial charge in [-0.3, -0.25) is 9.59 Å². The molecule has 6 nitrogen and oxygen atoms in total. The molecule has 1 aliphatic carbocycles. The van der Waals surface area contributed by atoms with E-state index in [1.165, 1.54) is 23.1 Å². The SMILES string of the molecule is CCOc1cc(C2C3=C(OC4CCC(F)CC4C3=O)C(=O)N2Cc2ccc(F)cc2)ccc1O. The van der Waals surface area contributed by atoms with E-state index in [9.17, 15) is 23.5 Å². The lowest BCUT2D eigenvalue weighted by molar-refractivity contribution is -0.136. The predicted molar refractivity (Wildman–Crippen MR) is 118 cm³/mol. The molecule has 1 N–H and O–H groups in total. The molecule has 8 heteroatoms. The minimum atomic E-state index is -1.08. The standard InChI is InChI=1S/C26H25F2NO5/c1-2-33-21-11-15(5-9-19(21)30)23-22-24(31)18-12-17(28)8-10-20(18)34-25(22)26(32)29(23)13-14-3-6-16(27)7-4-14/h3-7,9,11,17-18,20,23,30H,2,8,10,12-13H2,1H3. The smallest absolute Gasteiger partial charge is 0.290 e. The maximum atomic E-state index is 14.2. The van der Waals surface area contributed by atoms with E-state index >= 15 is 0 Å². The zero-order chi connectivity index (χ0) is 24.0. The molecule has 1 amide bonds. The van der Waals surface area contributed by atoms with Crippen molar-refractivity contribution in [3.05, 3.63) is 70.7 Å². The third kappa shape index (κ3) is 3.81. The van der Waals surface area contributed by atoms with Crippen molar-refractivity contribution in [1.82, 2.24) is 4.90 Å². The van der Waals surface area contributed by atoms with Crippen LogP contribution in [0, 0.1) is 11.7 Å². The molecule has 4 atom stereocenters. The molecule has 0 aromatic heterocycles. The van der Waals surface area contributed by atoms with E-state index in [4.69, 9.17) is 9.47 Å². The fourth-order valence-electron chi connectivity index (χ4n) is 5.13. The van der Waals surface area contributed by atoms with Crippen molar-refractivity contribution in [1.29, 1.82) is 0 Å². The molecule has 0 radical (unpaired) electrons. The highest BCUT2D eigenvalue weighted by atomic mass is 19.1. The number of benzene rings is 2. The monoisotopic (exact) mass is 469 g/mol. The van der Waals surface area contributed by atoms with Crippen LogP contribution in [0.4, 0.5) is 8.78 Å². The Morgan fingerprint density at radius 3 is 2.65 bits per heavy atom. The second-order valence-electron chi connectivity index (χ2n) is 8.90. The number of ether oxygens (including phenoxy) is 2. The first kappa shape index (κ1) is 22.4. The molecule has 34 heavy (non-hydrogen) atoms. The van der Waals surface area contributed by atoms with Gasteiger partial charge in [0.15, 0.2) is 23.0 Å². The van der Waals surface area contributed by atoms with Gasteiger partial charge in [-0.05, 0) is 61.6 Å². The van der Waals surface area contributed by atoms with Crippen LogP contribution in [0.5, 0.6) is 11.5 Å². The number of carbonyl (C=O) groups is 2. The fourth-order valence-corrected chi connectivity index (χ4v) is 5.13. The second kappa shape index (κ2) is 8.74. The summed E-state index contributed by atoms with van der Waals surface area (Å²) in [6, 6.07) is 9.65. The van der Waals surface area contributed by atoms with Gasteiger partial charge in [0.25, 0.3) is 5.91 Å².